The molecule has 0 saturated heterocycles. The average molecular weight is 487 g/mol. The van der Waals surface area contributed by atoms with E-state index in [1.165, 1.54) is 27.6 Å². The lowest BCUT2D eigenvalue weighted by atomic mass is 9.90. The Morgan fingerprint density at radius 3 is 2.57 bits per heavy atom. The zero-order chi connectivity index (χ0) is 23.7. The van der Waals surface area contributed by atoms with Gasteiger partial charge < -0.3 is 15.3 Å². The molecule has 0 amide bonds. The Labute approximate surface area is 213 Å². The largest absolute Gasteiger partial charge is 0.478 e. The van der Waals surface area contributed by atoms with Gasteiger partial charge in [-0.05, 0) is 71.8 Å². The molecule has 1 aliphatic rings. The van der Waals surface area contributed by atoms with Gasteiger partial charge >= 0.3 is 5.97 Å². The van der Waals surface area contributed by atoms with Crippen molar-refractivity contribution in [3.63, 3.8) is 0 Å². The molecule has 0 aromatic heterocycles. The molecule has 1 aliphatic heterocycles. The van der Waals surface area contributed by atoms with E-state index in [4.69, 9.17) is 0 Å². The molecule has 1 heterocycles. The minimum Gasteiger partial charge on any atom is -0.478 e. The van der Waals surface area contributed by atoms with Gasteiger partial charge in [-0.3, -0.25) is 0 Å². The van der Waals surface area contributed by atoms with Crippen molar-refractivity contribution in [2.45, 2.75) is 26.3 Å². The fraction of sp³-hybridized carbons (Fsp3) is 0.233. The van der Waals surface area contributed by atoms with Gasteiger partial charge in [0.1, 0.15) is 0 Å². The highest BCUT2D eigenvalue weighted by Gasteiger charge is 2.27. The number of para-hydroxylation sites is 1. The topological polar surface area (TPSA) is 52.6 Å². The van der Waals surface area contributed by atoms with Crippen LogP contribution in [0.5, 0.6) is 0 Å². The van der Waals surface area contributed by atoms with Gasteiger partial charge in [0.15, 0.2) is 0 Å². The lowest BCUT2D eigenvalue weighted by molar-refractivity contribution is 0.0697. The second-order valence-electron chi connectivity index (χ2n) is 9.31. The van der Waals surface area contributed by atoms with Crippen molar-refractivity contribution in [1.82, 2.24) is 5.32 Å². The quantitative estimate of drug-likeness (QED) is 0.310. The predicted molar refractivity (Wildman–Crippen MR) is 146 cm³/mol. The normalized spacial score (nSPS) is 15.8. The summed E-state index contributed by atoms with van der Waals surface area (Å²) in [5.74, 6) is -0.492. The summed E-state index contributed by atoms with van der Waals surface area (Å²) in [5.41, 5.74) is 6.17. The van der Waals surface area contributed by atoms with E-state index >= 15 is 0 Å². The molecule has 0 spiro atoms. The second-order valence-corrected chi connectivity index (χ2v) is 9.31. The summed E-state index contributed by atoms with van der Waals surface area (Å²) >= 11 is 0. The highest BCUT2D eigenvalue weighted by molar-refractivity contribution is 5.90. The first-order chi connectivity index (χ1) is 16.5. The van der Waals surface area contributed by atoms with E-state index in [2.05, 4.69) is 83.9 Å². The molecular formula is C30H31ClN2O2. The van der Waals surface area contributed by atoms with Crippen molar-refractivity contribution >= 4 is 40.5 Å². The van der Waals surface area contributed by atoms with Crippen LogP contribution in [-0.2, 0) is 6.42 Å². The number of carboxylic acids is 1. The first-order valence-corrected chi connectivity index (χ1v) is 11.9. The zero-order valence-electron chi connectivity index (χ0n) is 20.1. The van der Waals surface area contributed by atoms with E-state index in [0.29, 0.717) is 11.5 Å². The highest BCUT2D eigenvalue weighted by atomic mass is 35.5. The maximum absolute atomic E-state index is 11.6. The van der Waals surface area contributed by atoms with Crippen LogP contribution in [0.15, 0.2) is 84.9 Å². The zero-order valence-corrected chi connectivity index (χ0v) is 20.9. The van der Waals surface area contributed by atoms with Crippen molar-refractivity contribution < 1.29 is 9.90 Å². The van der Waals surface area contributed by atoms with E-state index < -0.39 is 5.97 Å². The third kappa shape index (κ3) is 5.04. The Morgan fingerprint density at radius 1 is 1.00 bits per heavy atom. The highest BCUT2D eigenvalue weighted by Crippen LogP contribution is 2.37. The smallest absolute Gasteiger partial charge is 0.335 e. The average Bonchev–Trinajstić information content (AvgIpc) is 2.86. The van der Waals surface area contributed by atoms with Crippen molar-refractivity contribution in [2.75, 3.05) is 18.0 Å². The fourth-order valence-electron chi connectivity index (χ4n) is 5.16. The van der Waals surface area contributed by atoms with Crippen LogP contribution in [0.2, 0.25) is 0 Å². The molecule has 4 aromatic carbocycles. The van der Waals surface area contributed by atoms with Crippen LogP contribution in [0, 0.1) is 12.8 Å². The van der Waals surface area contributed by atoms with Crippen LogP contribution in [0.3, 0.4) is 0 Å². The van der Waals surface area contributed by atoms with E-state index in [-0.39, 0.29) is 18.4 Å². The van der Waals surface area contributed by atoms with E-state index in [1.807, 2.05) is 19.1 Å². The van der Waals surface area contributed by atoms with Gasteiger partial charge in [0.05, 0.1) is 5.56 Å². The second kappa shape index (κ2) is 10.5. The van der Waals surface area contributed by atoms with Crippen LogP contribution < -0.4 is 10.2 Å². The lowest BCUT2D eigenvalue weighted by Crippen LogP contribution is -2.38. The summed E-state index contributed by atoms with van der Waals surface area (Å²) in [6, 6.07) is 29.2. The van der Waals surface area contributed by atoms with Gasteiger partial charge in [0, 0.05) is 30.5 Å². The third-order valence-corrected chi connectivity index (χ3v) is 6.98. The molecule has 0 bridgehead atoms. The summed E-state index contributed by atoms with van der Waals surface area (Å²) in [6.45, 7) is 6.01. The molecule has 0 saturated carbocycles. The molecule has 1 unspecified atom stereocenters. The monoisotopic (exact) mass is 486 g/mol. The maximum Gasteiger partial charge on any atom is 0.335 e. The summed E-state index contributed by atoms with van der Waals surface area (Å²) < 4.78 is 0. The Kier molecular flexibility index (Phi) is 7.44. The predicted octanol–water partition coefficient (Wildman–Crippen LogP) is 6.93. The first-order valence-electron chi connectivity index (χ1n) is 11.9. The van der Waals surface area contributed by atoms with Crippen molar-refractivity contribution in [3.8, 4) is 0 Å². The molecule has 5 heteroatoms. The minimum absolute atomic E-state index is 0. The van der Waals surface area contributed by atoms with Crippen LogP contribution in [-0.4, -0.2) is 24.2 Å². The molecule has 4 aromatic rings. The maximum atomic E-state index is 11.6. The number of aromatic carboxylic acids is 1. The van der Waals surface area contributed by atoms with E-state index in [9.17, 15) is 9.90 Å². The molecule has 0 aliphatic carbocycles. The van der Waals surface area contributed by atoms with Crippen LogP contribution >= 0.6 is 12.4 Å². The third-order valence-electron chi connectivity index (χ3n) is 6.98. The summed E-state index contributed by atoms with van der Waals surface area (Å²) in [6.07, 6.45) is 1.000. The Balaban J connectivity index is 0.00000289. The Bertz CT molecular complexity index is 1350. The van der Waals surface area contributed by atoms with Gasteiger partial charge in [-0.2, -0.15) is 0 Å². The number of fused-ring (bicyclic) bond motifs is 2. The molecule has 0 radical (unpaired) electrons. The molecule has 35 heavy (non-hydrogen) atoms. The number of carboxylic acid groups (broad SMARTS) is 1. The molecule has 2 N–H and O–H groups in total. The summed E-state index contributed by atoms with van der Waals surface area (Å²) in [7, 11) is 0. The number of anilines is 2. The molecule has 180 valence electrons. The number of nitrogens with zero attached hydrogens (tertiary/aromatic N) is 1. The van der Waals surface area contributed by atoms with Crippen molar-refractivity contribution in [3.05, 3.63) is 107 Å². The number of hydrogen-bond acceptors (Lipinski definition) is 3. The van der Waals surface area contributed by atoms with Gasteiger partial charge in [-0.1, -0.05) is 66.7 Å². The Hall–Kier alpha value is -3.34. The number of carbonyl (C=O) groups is 1. The first kappa shape index (κ1) is 24.8. The lowest BCUT2D eigenvalue weighted by Gasteiger charge is -2.37. The SMILES string of the molecule is Cc1ccc(C(=O)O)cc1N1CC(CN[C@H](C)c2cccc3ccccc23)Cc2ccccc21.Cl. The van der Waals surface area contributed by atoms with Gasteiger partial charge in [0.2, 0.25) is 0 Å². The molecule has 2 atom stereocenters. The number of benzene rings is 4. The molecule has 0 fully saturated rings. The van der Waals surface area contributed by atoms with Gasteiger partial charge in [-0.25, -0.2) is 4.79 Å². The number of rotatable bonds is 6. The van der Waals surface area contributed by atoms with Crippen LogP contribution in [0.25, 0.3) is 10.8 Å². The van der Waals surface area contributed by atoms with E-state index in [1.54, 1.807) is 6.07 Å². The molecule has 5 rings (SSSR count). The summed E-state index contributed by atoms with van der Waals surface area (Å²) in [4.78, 5) is 13.9. The van der Waals surface area contributed by atoms with Crippen LogP contribution in [0.4, 0.5) is 11.4 Å². The fourth-order valence-corrected chi connectivity index (χ4v) is 5.16. The standard InChI is InChI=1S/C30H30N2O2.ClH/c1-20-14-15-25(30(33)34)17-29(20)32-19-22(16-24-9-4-6-13-28(24)32)18-31-21(2)26-12-7-10-23-8-3-5-11-27(23)26;/h3-15,17,21-22,31H,16,18-19H2,1-2H3,(H,33,34);1H/t21-,22?;/m1./s1. The molecule has 4 nitrogen and oxygen atoms in total. The number of hydrogen-bond donors (Lipinski definition) is 2. The van der Waals surface area contributed by atoms with Crippen molar-refractivity contribution in [2.24, 2.45) is 5.92 Å². The van der Waals surface area contributed by atoms with Crippen LogP contribution in [0.1, 0.15) is 40.0 Å². The molecular weight excluding hydrogens is 456 g/mol. The van der Waals surface area contributed by atoms with Crippen molar-refractivity contribution in [1.29, 1.82) is 0 Å². The Morgan fingerprint density at radius 2 is 1.74 bits per heavy atom. The summed E-state index contributed by atoms with van der Waals surface area (Å²) in [5, 5.41) is 15.9. The number of halogens is 1. The minimum atomic E-state index is -0.895. The van der Waals surface area contributed by atoms with Gasteiger partial charge in [0.25, 0.3) is 0 Å². The van der Waals surface area contributed by atoms with E-state index in [0.717, 1.165) is 30.8 Å². The number of nitrogens with one attached hydrogen (secondary N) is 1. The van der Waals surface area contributed by atoms with Gasteiger partial charge in [-0.15, -0.1) is 12.4 Å². The number of aryl methyl sites for hydroxylation is 1.